The lowest BCUT2D eigenvalue weighted by molar-refractivity contribution is -0.380. The largest absolute Gasteiger partial charge is 0.324 e. The van der Waals surface area contributed by atoms with Crippen LogP contribution in [0.2, 0.25) is 0 Å². The number of thiophene rings is 1. The number of alkyl halides is 2. The summed E-state index contributed by atoms with van der Waals surface area (Å²) in [6, 6.07) is 3.29. The third-order valence-corrected chi connectivity index (χ3v) is 5.02. The number of halogens is 2. The molecule has 0 saturated heterocycles. The Morgan fingerprint density at radius 1 is 1.67 bits per heavy atom. The standard InChI is InChI=1S/C6H5Br2NO2S/c7-3-4(8)5-1-2-6(12-5)9(10)11/h1-2,4H,3H2. The second-order valence-electron chi connectivity index (χ2n) is 2.05. The number of hydrogen-bond donors (Lipinski definition) is 0. The first-order valence-corrected chi connectivity index (χ1v) is 5.94. The van der Waals surface area contributed by atoms with Gasteiger partial charge in [-0.25, -0.2) is 0 Å². The molecule has 0 bridgehead atoms. The summed E-state index contributed by atoms with van der Waals surface area (Å²) in [5.41, 5.74) is 0. The van der Waals surface area contributed by atoms with E-state index in [2.05, 4.69) is 31.9 Å². The zero-order valence-electron chi connectivity index (χ0n) is 5.87. The van der Waals surface area contributed by atoms with E-state index in [1.165, 1.54) is 17.4 Å². The van der Waals surface area contributed by atoms with Crippen LogP contribution in [0.25, 0.3) is 0 Å². The maximum absolute atomic E-state index is 10.3. The summed E-state index contributed by atoms with van der Waals surface area (Å²) in [5.74, 6) is 0. The van der Waals surface area contributed by atoms with Gasteiger partial charge in [-0.15, -0.1) is 0 Å². The molecular formula is C6H5Br2NO2S. The lowest BCUT2D eigenvalue weighted by Gasteiger charge is -1.98. The molecule has 0 N–H and O–H groups in total. The fourth-order valence-corrected chi connectivity index (χ4v) is 2.48. The molecule has 1 aromatic heterocycles. The molecule has 0 aliphatic heterocycles. The Morgan fingerprint density at radius 2 is 2.33 bits per heavy atom. The van der Waals surface area contributed by atoms with Crippen molar-refractivity contribution in [2.75, 3.05) is 5.33 Å². The van der Waals surface area contributed by atoms with E-state index in [-0.39, 0.29) is 14.8 Å². The highest BCUT2D eigenvalue weighted by Gasteiger charge is 2.14. The summed E-state index contributed by atoms with van der Waals surface area (Å²) in [4.78, 5) is 11.1. The van der Waals surface area contributed by atoms with Crippen LogP contribution in [0, 0.1) is 10.1 Å². The van der Waals surface area contributed by atoms with E-state index in [4.69, 9.17) is 0 Å². The molecule has 0 amide bonds. The quantitative estimate of drug-likeness (QED) is 0.487. The van der Waals surface area contributed by atoms with Gasteiger partial charge < -0.3 is 0 Å². The van der Waals surface area contributed by atoms with Crippen LogP contribution in [-0.4, -0.2) is 10.3 Å². The van der Waals surface area contributed by atoms with Crippen LogP contribution >= 0.6 is 43.2 Å². The van der Waals surface area contributed by atoms with E-state index in [0.717, 1.165) is 10.2 Å². The Bertz CT molecular complexity index is 289. The van der Waals surface area contributed by atoms with Crippen molar-refractivity contribution in [2.45, 2.75) is 4.83 Å². The summed E-state index contributed by atoms with van der Waals surface area (Å²) in [5, 5.41) is 11.3. The molecule has 0 saturated carbocycles. The van der Waals surface area contributed by atoms with Crippen molar-refractivity contribution in [3.05, 3.63) is 27.1 Å². The fourth-order valence-electron chi connectivity index (χ4n) is 0.685. The Labute approximate surface area is 90.2 Å². The highest BCUT2D eigenvalue weighted by Crippen LogP contribution is 2.34. The van der Waals surface area contributed by atoms with Crippen molar-refractivity contribution in [3.63, 3.8) is 0 Å². The number of rotatable bonds is 3. The summed E-state index contributed by atoms with van der Waals surface area (Å²) in [6.07, 6.45) is 0. The molecule has 1 unspecified atom stereocenters. The molecule has 0 aliphatic rings. The van der Waals surface area contributed by atoms with Crippen LogP contribution in [-0.2, 0) is 0 Å². The van der Waals surface area contributed by atoms with Crippen LogP contribution in [0.15, 0.2) is 12.1 Å². The van der Waals surface area contributed by atoms with Crippen LogP contribution < -0.4 is 0 Å². The molecule has 0 radical (unpaired) electrons. The maximum atomic E-state index is 10.3. The third-order valence-electron chi connectivity index (χ3n) is 1.24. The minimum absolute atomic E-state index is 0.163. The average molecular weight is 315 g/mol. The van der Waals surface area contributed by atoms with Crippen molar-refractivity contribution in [1.82, 2.24) is 0 Å². The Hall–Kier alpha value is 0.0600. The van der Waals surface area contributed by atoms with Gasteiger partial charge in [-0.1, -0.05) is 43.2 Å². The third kappa shape index (κ3) is 2.27. The highest BCUT2D eigenvalue weighted by atomic mass is 79.9. The molecule has 1 aromatic rings. The van der Waals surface area contributed by atoms with Gasteiger partial charge in [0, 0.05) is 16.3 Å². The van der Waals surface area contributed by atoms with E-state index in [1.54, 1.807) is 6.07 Å². The van der Waals surface area contributed by atoms with Gasteiger partial charge in [0.15, 0.2) is 0 Å². The molecule has 1 atom stereocenters. The molecule has 1 heterocycles. The number of nitro groups is 1. The number of hydrogen-bond acceptors (Lipinski definition) is 3. The van der Waals surface area contributed by atoms with Crippen LogP contribution in [0.5, 0.6) is 0 Å². The maximum Gasteiger partial charge on any atom is 0.324 e. The van der Waals surface area contributed by atoms with Crippen LogP contribution in [0.1, 0.15) is 9.70 Å². The van der Waals surface area contributed by atoms with Crippen LogP contribution in [0.3, 0.4) is 0 Å². The summed E-state index contributed by atoms with van der Waals surface area (Å²) < 4.78 is 0. The lowest BCUT2D eigenvalue weighted by atomic mass is 10.4. The highest BCUT2D eigenvalue weighted by molar-refractivity contribution is 9.12. The van der Waals surface area contributed by atoms with Gasteiger partial charge >= 0.3 is 5.00 Å². The first-order valence-electron chi connectivity index (χ1n) is 3.09. The van der Waals surface area contributed by atoms with Crippen molar-refractivity contribution in [2.24, 2.45) is 0 Å². The summed E-state index contributed by atoms with van der Waals surface area (Å²) >= 11 is 7.87. The summed E-state index contributed by atoms with van der Waals surface area (Å²) in [6.45, 7) is 0. The molecule has 3 nitrogen and oxygen atoms in total. The van der Waals surface area contributed by atoms with Crippen molar-refractivity contribution >= 4 is 48.2 Å². The molecule has 6 heteroatoms. The second-order valence-corrected chi connectivity index (χ2v) is 4.90. The second kappa shape index (κ2) is 4.34. The van der Waals surface area contributed by atoms with Gasteiger partial charge in [-0.3, -0.25) is 10.1 Å². The van der Waals surface area contributed by atoms with E-state index >= 15 is 0 Å². The zero-order valence-corrected chi connectivity index (χ0v) is 9.86. The van der Waals surface area contributed by atoms with E-state index in [1.807, 2.05) is 0 Å². The van der Waals surface area contributed by atoms with Gasteiger partial charge in [0.1, 0.15) is 0 Å². The molecule has 0 spiro atoms. The van der Waals surface area contributed by atoms with E-state index in [9.17, 15) is 10.1 Å². The van der Waals surface area contributed by atoms with Crippen LogP contribution in [0.4, 0.5) is 5.00 Å². The fraction of sp³-hybridized carbons (Fsp3) is 0.333. The van der Waals surface area contributed by atoms with Crippen molar-refractivity contribution in [3.8, 4) is 0 Å². The molecule has 66 valence electrons. The zero-order chi connectivity index (χ0) is 9.14. The Morgan fingerprint density at radius 3 is 2.75 bits per heavy atom. The normalized spacial score (nSPS) is 12.8. The van der Waals surface area contributed by atoms with Gasteiger partial charge in [0.2, 0.25) is 0 Å². The Kier molecular flexibility index (Phi) is 3.67. The van der Waals surface area contributed by atoms with Gasteiger partial charge in [-0.2, -0.15) is 0 Å². The monoisotopic (exact) mass is 313 g/mol. The number of nitrogens with zero attached hydrogens (tertiary/aromatic N) is 1. The summed E-state index contributed by atoms with van der Waals surface area (Å²) in [7, 11) is 0. The topological polar surface area (TPSA) is 43.1 Å². The Balaban J connectivity index is 2.84. The SMILES string of the molecule is O=[N+]([O-])c1ccc(C(Br)CBr)s1. The predicted molar refractivity (Wildman–Crippen MR) is 56.4 cm³/mol. The lowest BCUT2D eigenvalue weighted by Crippen LogP contribution is -1.84. The molecule has 0 fully saturated rings. The average Bonchev–Trinajstić information content (AvgIpc) is 2.51. The van der Waals surface area contributed by atoms with Gasteiger partial charge in [0.05, 0.1) is 9.75 Å². The van der Waals surface area contributed by atoms with E-state index < -0.39 is 0 Å². The predicted octanol–water partition coefficient (Wildman–Crippen LogP) is 3.49. The molecule has 0 aliphatic carbocycles. The molecule has 12 heavy (non-hydrogen) atoms. The first-order chi connectivity index (χ1) is 5.65. The van der Waals surface area contributed by atoms with Crippen molar-refractivity contribution < 1.29 is 4.92 Å². The smallest absolute Gasteiger partial charge is 0.258 e. The van der Waals surface area contributed by atoms with Crippen molar-refractivity contribution in [1.29, 1.82) is 0 Å². The first kappa shape index (κ1) is 10.1. The van der Waals surface area contributed by atoms with E-state index in [0.29, 0.717) is 0 Å². The molecule has 1 rings (SSSR count). The minimum Gasteiger partial charge on any atom is -0.258 e. The minimum atomic E-state index is -0.373. The molecule has 0 aromatic carbocycles. The van der Waals surface area contributed by atoms with Gasteiger partial charge in [0.25, 0.3) is 0 Å². The van der Waals surface area contributed by atoms with Gasteiger partial charge in [-0.05, 0) is 6.07 Å². The molecular weight excluding hydrogens is 310 g/mol.